The molecule has 83 heavy (non-hydrogen) atoms. The number of carbonyl (C=O) groups excluding carboxylic acids is 2. The van der Waals surface area contributed by atoms with Crippen LogP contribution < -0.4 is 5.32 Å². The van der Waals surface area contributed by atoms with E-state index in [1.54, 1.807) is 0 Å². The Morgan fingerprint density at radius 1 is 0.337 bits per heavy atom. The van der Waals surface area contributed by atoms with Gasteiger partial charge in [0.25, 0.3) is 0 Å². The van der Waals surface area contributed by atoms with Gasteiger partial charge in [-0.3, -0.25) is 9.59 Å². The van der Waals surface area contributed by atoms with Crippen LogP contribution in [-0.2, 0) is 14.3 Å². The normalized spacial score (nSPS) is 12.8. The van der Waals surface area contributed by atoms with E-state index >= 15 is 0 Å². The third-order valence-electron chi connectivity index (χ3n) is 17.4. The number of amides is 1. The molecule has 3 N–H and O–H groups in total. The summed E-state index contributed by atoms with van der Waals surface area (Å²) in [5.74, 6) is -0.0411. The molecule has 6 heteroatoms. The first kappa shape index (κ1) is 80.8. The van der Waals surface area contributed by atoms with Gasteiger partial charge in [-0.15, -0.1) is 0 Å². The van der Waals surface area contributed by atoms with Crippen LogP contribution in [0.25, 0.3) is 0 Å². The highest BCUT2D eigenvalue weighted by Gasteiger charge is 2.20. The van der Waals surface area contributed by atoms with Crippen molar-refractivity contribution in [1.29, 1.82) is 0 Å². The minimum Gasteiger partial charge on any atom is -0.466 e. The molecule has 0 aromatic rings. The Bertz CT molecular complexity index is 1390. The molecule has 0 aliphatic heterocycles. The van der Waals surface area contributed by atoms with Crippen molar-refractivity contribution in [1.82, 2.24) is 5.32 Å². The van der Waals surface area contributed by atoms with Gasteiger partial charge in [-0.25, -0.2) is 0 Å². The Morgan fingerprint density at radius 3 is 0.928 bits per heavy atom. The topological polar surface area (TPSA) is 95.9 Å². The summed E-state index contributed by atoms with van der Waals surface area (Å²) >= 11 is 0. The molecule has 1 amide bonds. The molecule has 0 rings (SSSR count). The van der Waals surface area contributed by atoms with E-state index in [9.17, 15) is 19.8 Å². The molecule has 0 radical (unpaired) electrons. The molecule has 0 aromatic heterocycles. The van der Waals surface area contributed by atoms with Crippen LogP contribution in [0.3, 0.4) is 0 Å². The van der Waals surface area contributed by atoms with Crippen molar-refractivity contribution in [3.63, 3.8) is 0 Å². The van der Waals surface area contributed by atoms with Crippen LogP contribution in [0.5, 0.6) is 0 Å². The molecular weight excluding hydrogens is 1020 g/mol. The lowest BCUT2D eigenvalue weighted by molar-refractivity contribution is -0.143. The molecule has 0 aromatic carbocycles. The van der Waals surface area contributed by atoms with E-state index in [2.05, 4.69) is 67.8 Å². The first-order chi connectivity index (χ1) is 41.0. The Balaban J connectivity index is 3.44. The van der Waals surface area contributed by atoms with Gasteiger partial charge in [0.2, 0.25) is 5.91 Å². The Morgan fingerprint density at radius 2 is 0.602 bits per heavy atom. The van der Waals surface area contributed by atoms with Crippen molar-refractivity contribution in [2.24, 2.45) is 0 Å². The highest BCUT2D eigenvalue weighted by molar-refractivity contribution is 5.76. The number of carbonyl (C=O) groups is 2. The van der Waals surface area contributed by atoms with Crippen molar-refractivity contribution in [2.45, 2.75) is 418 Å². The van der Waals surface area contributed by atoms with E-state index < -0.39 is 12.1 Å². The van der Waals surface area contributed by atoms with Crippen molar-refractivity contribution in [3.8, 4) is 0 Å². The van der Waals surface area contributed by atoms with E-state index in [-0.39, 0.29) is 18.5 Å². The van der Waals surface area contributed by atoms with Crippen molar-refractivity contribution >= 4 is 11.9 Å². The van der Waals surface area contributed by atoms with Gasteiger partial charge in [0, 0.05) is 12.8 Å². The number of hydrogen-bond acceptors (Lipinski definition) is 5. The van der Waals surface area contributed by atoms with Crippen LogP contribution in [0.2, 0.25) is 0 Å². The number of nitrogens with one attached hydrogen (secondary N) is 1. The zero-order chi connectivity index (χ0) is 59.9. The lowest BCUT2D eigenvalue weighted by Gasteiger charge is -2.22. The van der Waals surface area contributed by atoms with E-state index in [1.165, 1.54) is 308 Å². The number of aliphatic hydroxyl groups excluding tert-OH is 2. The van der Waals surface area contributed by atoms with E-state index in [0.717, 1.165) is 64.2 Å². The smallest absolute Gasteiger partial charge is 0.305 e. The Hall–Kier alpha value is -2.18. The molecule has 0 saturated carbocycles. The molecule has 0 aliphatic rings. The van der Waals surface area contributed by atoms with Gasteiger partial charge in [-0.05, 0) is 89.9 Å². The van der Waals surface area contributed by atoms with Gasteiger partial charge >= 0.3 is 5.97 Å². The fourth-order valence-electron chi connectivity index (χ4n) is 11.6. The number of ether oxygens (including phenoxy) is 1. The van der Waals surface area contributed by atoms with Crippen molar-refractivity contribution in [2.75, 3.05) is 13.2 Å². The predicted molar refractivity (Wildman–Crippen MR) is 366 cm³/mol. The lowest BCUT2D eigenvalue weighted by Crippen LogP contribution is -2.45. The van der Waals surface area contributed by atoms with Gasteiger partial charge in [-0.1, -0.05) is 351 Å². The standard InChI is InChI=1S/C77H145NO5/c1-3-5-7-9-11-13-15-17-19-21-23-24-25-26-28-31-34-37-41-45-49-53-57-61-65-69-75(80)74(73-79)78-76(81)70-66-62-58-54-50-46-42-38-35-32-29-27-30-33-36-40-44-48-52-56-60-64-68-72-83-77(82)71-67-63-59-55-51-47-43-39-22-20-18-16-14-12-10-8-6-4-2/h14,16,20,22,27,30,32,35,74-75,79-80H,3-13,15,17-19,21,23-26,28-29,31,33-34,36-73H2,1-2H3,(H,78,81)/b16-14-,22-20-,30-27-,35-32-. The summed E-state index contributed by atoms with van der Waals surface area (Å²) in [6, 6.07) is -0.552. The fourth-order valence-corrected chi connectivity index (χ4v) is 11.6. The zero-order valence-electron chi connectivity index (χ0n) is 55.9. The minimum absolute atomic E-state index is 0.000330. The number of rotatable bonds is 70. The number of esters is 1. The first-order valence-corrected chi connectivity index (χ1v) is 37.4. The maximum absolute atomic E-state index is 12.6. The second kappa shape index (κ2) is 72.3. The van der Waals surface area contributed by atoms with E-state index in [1.807, 2.05) is 0 Å². The van der Waals surface area contributed by atoms with Gasteiger partial charge in [0.15, 0.2) is 0 Å². The Kier molecular flexibility index (Phi) is 70.4. The second-order valence-corrected chi connectivity index (χ2v) is 25.6. The Labute approximate surface area is 518 Å². The van der Waals surface area contributed by atoms with Crippen LogP contribution in [-0.4, -0.2) is 47.4 Å². The summed E-state index contributed by atoms with van der Waals surface area (Å²) in [6.07, 6.45) is 94.5. The summed E-state index contributed by atoms with van der Waals surface area (Å²) in [5.41, 5.74) is 0. The van der Waals surface area contributed by atoms with Crippen molar-refractivity contribution < 1.29 is 24.5 Å². The molecule has 0 spiro atoms. The number of aliphatic hydroxyl groups is 2. The quantitative estimate of drug-likeness (QED) is 0.0320. The average Bonchev–Trinajstić information content (AvgIpc) is 3.49. The summed E-state index contributed by atoms with van der Waals surface area (Å²) in [4.78, 5) is 24.7. The van der Waals surface area contributed by atoms with Gasteiger partial charge in [0.1, 0.15) is 0 Å². The molecule has 0 fully saturated rings. The van der Waals surface area contributed by atoms with Crippen LogP contribution in [0.4, 0.5) is 0 Å². The summed E-state index contributed by atoms with van der Waals surface area (Å²) in [7, 11) is 0. The van der Waals surface area contributed by atoms with Crippen LogP contribution >= 0.6 is 0 Å². The number of allylic oxidation sites excluding steroid dienone is 8. The average molecular weight is 1170 g/mol. The number of unbranched alkanes of at least 4 members (excludes halogenated alkanes) is 51. The minimum atomic E-state index is -0.674. The van der Waals surface area contributed by atoms with E-state index in [4.69, 9.17) is 4.74 Å². The SMILES string of the molecule is CCCCCC/C=C\C/C=C\CCCCCCCCCC(=O)OCCCCCCCCCCC/C=C\C/C=C\CCCCCCCCCC(=O)NC(CO)C(O)CCCCCCCCCCCCCCCCCCCCCCCCCCC. The largest absolute Gasteiger partial charge is 0.466 e. The molecule has 2 atom stereocenters. The summed E-state index contributed by atoms with van der Waals surface area (Å²) in [6.45, 7) is 4.96. The van der Waals surface area contributed by atoms with Gasteiger partial charge in [-0.2, -0.15) is 0 Å². The molecule has 2 unspecified atom stereocenters. The second-order valence-electron chi connectivity index (χ2n) is 25.6. The highest BCUT2D eigenvalue weighted by atomic mass is 16.5. The number of hydrogen-bond donors (Lipinski definition) is 3. The molecular formula is C77H145NO5. The van der Waals surface area contributed by atoms with Crippen LogP contribution in [0, 0.1) is 0 Å². The van der Waals surface area contributed by atoms with Crippen LogP contribution in [0.15, 0.2) is 48.6 Å². The molecule has 6 nitrogen and oxygen atoms in total. The zero-order valence-corrected chi connectivity index (χ0v) is 55.9. The first-order valence-electron chi connectivity index (χ1n) is 37.4. The third kappa shape index (κ3) is 68.8. The molecule has 488 valence electrons. The summed E-state index contributed by atoms with van der Waals surface area (Å²) < 4.78 is 5.50. The monoisotopic (exact) mass is 1160 g/mol. The van der Waals surface area contributed by atoms with Crippen molar-refractivity contribution in [3.05, 3.63) is 48.6 Å². The van der Waals surface area contributed by atoms with Crippen LogP contribution in [0.1, 0.15) is 406 Å². The molecule has 0 bridgehead atoms. The third-order valence-corrected chi connectivity index (χ3v) is 17.4. The molecule has 0 saturated heterocycles. The highest BCUT2D eigenvalue weighted by Crippen LogP contribution is 2.19. The maximum Gasteiger partial charge on any atom is 0.305 e. The fraction of sp³-hybridized carbons (Fsp3) is 0.870. The van der Waals surface area contributed by atoms with Gasteiger partial charge < -0.3 is 20.3 Å². The molecule has 0 heterocycles. The molecule has 0 aliphatic carbocycles. The predicted octanol–water partition coefficient (Wildman–Crippen LogP) is 24.4. The van der Waals surface area contributed by atoms with E-state index in [0.29, 0.717) is 25.9 Å². The maximum atomic E-state index is 12.6. The summed E-state index contributed by atoms with van der Waals surface area (Å²) in [5, 5.41) is 23.5. The lowest BCUT2D eigenvalue weighted by atomic mass is 10.0. The van der Waals surface area contributed by atoms with Gasteiger partial charge in [0.05, 0.1) is 25.4 Å².